The molecule has 0 saturated heterocycles. The number of rotatable bonds is 3. The number of thiophene rings is 1. The number of carbonyl (C=O) groups excluding carboxylic acids is 1. The van der Waals surface area contributed by atoms with Gasteiger partial charge < -0.3 is 0 Å². The molecular weight excluding hydrogens is 284 g/mol. The van der Waals surface area contributed by atoms with Gasteiger partial charge in [0.05, 0.1) is 4.88 Å². The predicted octanol–water partition coefficient (Wildman–Crippen LogP) is 4.44. The summed E-state index contributed by atoms with van der Waals surface area (Å²) in [5, 5.41) is 1.92. The zero-order valence-electron chi connectivity index (χ0n) is 8.81. The van der Waals surface area contributed by atoms with Crippen LogP contribution in [-0.2, 0) is 0 Å². The summed E-state index contributed by atoms with van der Waals surface area (Å²) in [6.45, 7) is 2.07. The summed E-state index contributed by atoms with van der Waals surface area (Å²) in [7, 11) is 0. The normalized spacial score (nSPS) is 12.4. The fraction of sp³-hybridized carbons (Fsp3) is 0.154. The van der Waals surface area contributed by atoms with Crippen molar-refractivity contribution in [3.8, 4) is 0 Å². The van der Waals surface area contributed by atoms with Gasteiger partial charge in [-0.2, -0.15) is 0 Å². The van der Waals surface area contributed by atoms with Gasteiger partial charge in [0.1, 0.15) is 0 Å². The van der Waals surface area contributed by atoms with Crippen molar-refractivity contribution in [2.45, 2.75) is 11.8 Å². The maximum absolute atomic E-state index is 12.0. The van der Waals surface area contributed by atoms with Crippen LogP contribution in [0.3, 0.4) is 0 Å². The van der Waals surface area contributed by atoms with Crippen molar-refractivity contribution in [3.05, 3.63) is 57.8 Å². The van der Waals surface area contributed by atoms with Gasteiger partial charge in [0.25, 0.3) is 0 Å². The van der Waals surface area contributed by atoms with Crippen molar-refractivity contribution in [3.63, 3.8) is 0 Å². The van der Waals surface area contributed by atoms with Crippen molar-refractivity contribution in [2.24, 2.45) is 0 Å². The molecule has 0 radical (unpaired) electrons. The van der Waals surface area contributed by atoms with Crippen LogP contribution < -0.4 is 0 Å². The van der Waals surface area contributed by atoms with Gasteiger partial charge in [-0.15, -0.1) is 11.3 Å². The Kier molecular flexibility index (Phi) is 3.56. The minimum Gasteiger partial charge on any atom is -0.288 e. The maximum atomic E-state index is 12.0. The molecule has 0 aliphatic carbocycles. The number of ketones is 1. The van der Waals surface area contributed by atoms with Gasteiger partial charge in [0.2, 0.25) is 5.78 Å². The molecule has 1 nitrogen and oxygen atoms in total. The van der Waals surface area contributed by atoms with E-state index in [9.17, 15) is 4.79 Å². The first-order chi connectivity index (χ1) is 7.68. The van der Waals surface area contributed by atoms with Gasteiger partial charge in [0, 0.05) is 10.4 Å². The lowest BCUT2D eigenvalue weighted by Gasteiger charge is -2.04. The molecule has 1 aromatic heterocycles. The molecular formula is C13H11BrOS. The van der Waals surface area contributed by atoms with Gasteiger partial charge in [-0.1, -0.05) is 46.3 Å². The molecule has 0 aliphatic rings. The summed E-state index contributed by atoms with van der Waals surface area (Å²) in [6.07, 6.45) is 0. The number of benzene rings is 1. The maximum Gasteiger partial charge on any atom is 0.202 e. The highest BCUT2D eigenvalue weighted by Crippen LogP contribution is 2.22. The molecule has 0 bridgehead atoms. The summed E-state index contributed by atoms with van der Waals surface area (Å²) in [5.41, 5.74) is 1.93. The molecule has 1 aromatic carbocycles. The zero-order valence-corrected chi connectivity index (χ0v) is 11.2. The lowest BCUT2D eigenvalue weighted by atomic mass is 10.1. The fourth-order valence-electron chi connectivity index (χ4n) is 1.45. The minimum atomic E-state index is 0.101. The van der Waals surface area contributed by atoms with E-state index in [1.165, 1.54) is 16.9 Å². The van der Waals surface area contributed by atoms with Gasteiger partial charge in [-0.25, -0.2) is 0 Å². The number of alkyl halides is 1. The third-order valence-corrected chi connectivity index (χ3v) is 3.77. The van der Waals surface area contributed by atoms with Crippen LogP contribution in [0, 0.1) is 0 Å². The Hall–Kier alpha value is -0.930. The second kappa shape index (κ2) is 4.93. The van der Waals surface area contributed by atoms with Crippen LogP contribution in [0.1, 0.15) is 32.5 Å². The molecule has 3 heteroatoms. The molecule has 0 saturated carbocycles. The monoisotopic (exact) mass is 294 g/mol. The van der Waals surface area contributed by atoms with Gasteiger partial charge in [-0.3, -0.25) is 4.79 Å². The molecule has 1 heterocycles. The van der Waals surface area contributed by atoms with Gasteiger partial charge in [0.15, 0.2) is 0 Å². The molecule has 2 aromatic rings. The highest BCUT2D eigenvalue weighted by Gasteiger charge is 2.10. The Morgan fingerprint density at radius 1 is 1.25 bits per heavy atom. The van der Waals surface area contributed by atoms with Crippen LogP contribution in [0.5, 0.6) is 0 Å². The average molecular weight is 295 g/mol. The van der Waals surface area contributed by atoms with E-state index in [2.05, 4.69) is 22.9 Å². The minimum absolute atomic E-state index is 0.101. The van der Waals surface area contributed by atoms with E-state index >= 15 is 0 Å². The SMILES string of the molecule is CC(Br)c1ccc(C(=O)c2cccs2)cc1. The van der Waals surface area contributed by atoms with Crippen LogP contribution >= 0.6 is 27.3 Å². The molecule has 0 N–H and O–H groups in total. The van der Waals surface area contributed by atoms with Crippen molar-refractivity contribution >= 4 is 33.0 Å². The predicted molar refractivity (Wildman–Crippen MR) is 71.5 cm³/mol. The lowest BCUT2D eigenvalue weighted by molar-refractivity contribution is 0.104. The van der Waals surface area contributed by atoms with E-state index in [0.29, 0.717) is 4.83 Å². The Balaban J connectivity index is 2.25. The van der Waals surface area contributed by atoms with Gasteiger partial charge in [-0.05, 0) is 23.9 Å². The molecule has 16 heavy (non-hydrogen) atoms. The second-order valence-electron chi connectivity index (χ2n) is 3.54. The number of hydrogen-bond acceptors (Lipinski definition) is 2. The van der Waals surface area contributed by atoms with E-state index in [0.717, 1.165) is 10.4 Å². The summed E-state index contributed by atoms with van der Waals surface area (Å²) in [4.78, 5) is 13.1. The highest BCUT2D eigenvalue weighted by molar-refractivity contribution is 9.09. The molecule has 0 aliphatic heterocycles. The van der Waals surface area contributed by atoms with Crippen LogP contribution in [0.15, 0.2) is 41.8 Å². The Morgan fingerprint density at radius 3 is 2.44 bits per heavy atom. The first kappa shape index (κ1) is 11.6. The third kappa shape index (κ3) is 2.42. The quantitative estimate of drug-likeness (QED) is 0.604. The number of carbonyl (C=O) groups is 1. The summed E-state index contributed by atoms with van der Waals surface area (Å²) < 4.78 is 0. The highest BCUT2D eigenvalue weighted by atomic mass is 79.9. The van der Waals surface area contributed by atoms with Gasteiger partial charge >= 0.3 is 0 Å². The first-order valence-corrected chi connectivity index (χ1v) is 6.80. The third-order valence-electron chi connectivity index (χ3n) is 2.38. The second-order valence-corrected chi connectivity index (χ2v) is 5.87. The molecule has 0 amide bonds. The Morgan fingerprint density at radius 2 is 1.94 bits per heavy atom. The standard InChI is InChI=1S/C13H11BrOS/c1-9(14)10-4-6-11(7-5-10)13(15)12-3-2-8-16-12/h2-9H,1H3. The number of halogens is 1. The average Bonchev–Trinajstić information content (AvgIpc) is 2.81. The summed E-state index contributed by atoms with van der Waals surface area (Å²) >= 11 is 4.98. The topological polar surface area (TPSA) is 17.1 Å². The summed E-state index contributed by atoms with van der Waals surface area (Å²) in [5.74, 6) is 0.101. The largest absolute Gasteiger partial charge is 0.288 e. The smallest absolute Gasteiger partial charge is 0.202 e. The molecule has 1 atom stereocenters. The zero-order chi connectivity index (χ0) is 11.5. The van der Waals surface area contributed by atoms with Crippen LogP contribution in [-0.4, -0.2) is 5.78 Å². The molecule has 1 unspecified atom stereocenters. The van der Waals surface area contributed by atoms with Crippen molar-refractivity contribution in [1.29, 1.82) is 0 Å². The first-order valence-electron chi connectivity index (χ1n) is 5.00. The van der Waals surface area contributed by atoms with E-state index in [1.54, 1.807) is 0 Å². The van der Waals surface area contributed by atoms with E-state index in [4.69, 9.17) is 0 Å². The molecule has 0 spiro atoms. The fourth-order valence-corrected chi connectivity index (χ4v) is 2.44. The Bertz CT molecular complexity index is 471. The van der Waals surface area contributed by atoms with E-state index in [1.807, 2.05) is 41.8 Å². The van der Waals surface area contributed by atoms with Crippen molar-refractivity contribution in [1.82, 2.24) is 0 Å². The van der Waals surface area contributed by atoms with Crippen LogP contribution in [0.2, 0.25) is 0 Å². The summed E-state index contributed by atoms with van der Waals surface area (Å²) in [6, 6.07) is 11.5. The van der Waals surface area contributed by atoms with Crippen LogP contribution in [0.4, 0.5) is 0 Å². The molecule has 82 valence electrons. The van der Waals surface area contributed by atoms with Crippen molar-refractivity contribution in [2.75, 3.05) is 0 Å². The van der Waals surface area contributed by atoms with Crippen molar-refractivity contribution < 1.29 is 4.79 Å². The van der Waals surface area contributed by atoms with E-state index < -0.39 is 0 Å². The lowest BCUT2D eigenvalue weighted by Crippen LogP contribution is -1.98. The molecule has 2 rings (SSSR count). The van der Waals surface area contributed by atoms with Crippen LogP contribution in [0.25, 0.3) is 0 Å². The van der Waals surface area contributed by atoms with E-state index in [-0.39, 0.29) is 5.78 Å². The number of hydrogen-bond donors (Lipinski definition) is 0. The Labute approximate surface area is 107 Å². The molecule has 0 fully saturated rings.